The van der Waals surface area contributed by atoms with Crippen LogP contribution in [0.2, 0.25) is 5.02 Å². The first-order valence-electron chi connectivity index (χ1n) is 14.1. The maximum absolute atomic E-state index is 15.7. The molecule has 234 valence electrons. The van der Waals surface area contributed by atoms with Crippen molar-refractivity contribution in [2.24, 2.45) is 0 Å². The van der Waals surface area contributed by atoms with E-state index < -0.39 is 20.7 Å². The fraction of sp³-hybridized carbons (Fsp3) is 0.344. The summed E-state index contributed by atoms with van der Waals surface area (Å²) < 4.78 is 61.5. The van der Waals surface area contributed by atoms with Gasteiger partial charge in [-0.3, -0.25) is 4.90 Å². The smallest absolute Gasteiger partial charge is 0.269 e. The highest BCUT2D eigenvalue weighted by molar-refractivity contribution is 7.93. The standard InChI is InChI=1S/C32H35ClFN3O5S2/c1-32(2,23-8-6-5-7-9-23)36-15-12-24(13-16-36)42-29-20-27(34)30(19-26(29)33)44(38,39)37(31-35-14-17-43-31)21-22-10-11-25(40-3)18-28(22)41-4/h5-11,14,17-20,24H,12-13,15-16,21H2,1-4H3. The molecule has 1 aromatic heterocycles. The van der Waals surface area contributed by atoms with E-state index >= 15 is 4.39 Å². The lowest BCUT2D eigenvalue weighted by Crippen LogP contribution is -2.48. The molecule has 0 amide bonds. The van der Waals surface area contributed by atoms with Crippen LogP contribution in [0.1, 0.15) is 37.8 Å². The number of aromatic nitrogens is 1. The molecule has 2 heterocycles. The number of hydrogen-bond acceptors (Lipinski definition) is 8. The third kappa shape index (κ3) is 6.66. The first-order chi connectivity index (χ1) is 21.0. The molecule has 1 aliphatic rings. The van der Waals surface area contributed by atoms with Gasteiger partial charge in [-0.2, -0.15) is 0 Å². The number of likely N-dealkylation sites (tertiary alicyclic amines) is 1. The lowest BCUT2D eigenvalue weighted by Gasteiger charge is -2.43. The maximum Gasteiger partial charge on any atom is 0.269 e. The van der Waals surface area contributed by atoms with E-state index in [9.17, 15) is 8.42 Å². The summed E-state index contributed by atoms with van der Waals surface area (Å²) in [5.74, 6) is 0.117. The van der Waals surface area contributed by atoms with Crippen molar-refractivity contribution in [2.75, 3.05) is 31.6 Å². The van der Waals surface area contributed by atoms with Gasteiger partial charge >= 0.3 is 0 Å². The Kier molecular flexibility index (Phi) is 9.69. The van der Waals surface area contributed by atoms with Gasteiger partial charge < -0.3 is 14.2 Å². The second-order valence-corrected chi connectivity index (χ2v) is 14.1. The van der Waals surface area contributed by atoms with Crippen molar-refractivity contribution in [1.82, 2.24) is 9.88 Å². The van der Waals surface area contributed by atoms with Gasteiger partial charge in [0.2, 0.25) is 0 Å². The minimum atomic E-state index is -4.44. The zero-order chi connectivity index (χ0) is 31.5. The largest absolute Gasteiger partial charge is 0.497 e. The summed E-state index contributed by atoms with van der Waals surface area (Å²) in [6.07, 6.45) is 2.73. The number of hydrogen-bond donors (Lipinski definition) is 0. The van der Waals surface area contributed by atoms with Crippen molar-refractivity contribution in [2.45, 2.75) is 49.8 Å². The predicted octanol–water partition coefficient (Wildman–Crippen LogP) is 7.13. The predicted molar refractivity (Wildman–Crippen MR) is 171 cm³/mol. The molecule has 1 aliphatic heterocycles. The number of rotatable bonds is 11. The molecule has 1 fully saturated rings. The Bertz CT molecular complexity index is 1680. The first kappa shape index (κ1) is 32.0. The lowest BCUT2D eigenvalue weighted by molar-refractivity contribution is 0.0391. The summed E-state index contributed by atoms with van der Waals surface area (Å²) in [5.41, 5.74) is 1.63. The number of benzene rings is 3. The maximum atomic E-state index is 15.7. The molecular weight excluding hydrogens is 625 g/mol. The molecule has 0 spiro atoms. The highest BCUT2D eigenvalue weighted by Gasteiger charge is 2.34. The van der Waals surface area contributed by atoms with Crippen LogP contribution in [0.4, 0.5) is 9.52 Å². The van der Waals surface area contributed by atoms with Crippen LogP contribution in [0.15, 0.2) is 77.1 Å². The molecule has 0 saturated carbocycles. The van der Waals surface area contributed by atoms with E-state index in [1.165, 1.54) is 26.0 Å². The van der Waals surface area contributed by atoms with E-state index in [4.69, 9.17) is 25.8 Å². The molecule has 1 saturated heterocycles. The summed E-state index contributed by atoms with van der Waals surface area (Å²) in [7, 11) is -1.44. The average Bonchev–Trinajstić information content (AvgIpc) is 3.56. The van der Waals surface area contributed by atoms with Crippen LogP contribution in [-0.2, 0) is 22.1 Å². The van der Waals surface area contributed by atoms with Crippen LogP contribution in [0.5, 0.6) is 17.2 Å². The van der Waals surface area contributed by atoms with Crippen LogP contribution in [0, 0.1) is 5.82 Å². The summed E-state index contributed by atoms with van der Waals surface area (Å²) in [6, 6.07) is 17.6. The minimum Gasteiger partial charge on any atom is -0.497 e. The highest BCUT2D eigenvalue weighted by atomic mass is 35.5. The molecule has 0 N–H and O–H groups in total. The van der Waals surface area contributed by atoms with Crippen molar-refractivity contribution in [3.63, 3.8) is 0 Å². The number of methoxy groups -OCH3 is 2. The Labute approximate surface area is 267 Å². The summed E-state index contributed by atoms with van der Waals surface area (Å²) in [6.45, 7) is 5.83. The summed E-state index contributed by atoms with van der Waals surface area (Å²) in [4.78, 5) is 6.03. The number of piperidine rings is 1. The van der Waals surface area contributed by atoms with Crippen molar-refractivity contribution in [3.05, 3.63) is 94.2 Å². The summed E-state index contributed by atoms with van der Waals surface area (Å²) >= 11 is 7.66. The van der Waals surface area contributed by atoms with Gasteiger partial charge in [-0.1, -0.05) is 41.9 Å². The monoisotopic (exact) mass is 659 g/mol. The fourth-order valence-corrected chi connectivity index (χ4v) is 8.00. The molecule has 8 nitrogen and oxygen atoms in total. The van der Waals surface area contributed by atoms with Gasteiger partial charge in [-0.05, 0) is 50.5 Å². The van der Waals surface area contributed by atoms with Gasteiger partial charge in [0.15, 0.2) is 5.13 Å². The molecule has 0 aliphatic carbocycles. The highest BCUT2D eigenvalue weighted by Crippen LogP contribution is 2.37. The zero-order valence-corrected chi connectivity index (χ0v) is 27.4. The van der Waals surface area contributed by atoms with Gasteiger partial charge in [0.25, 0.3) is 10.0 Å². The molecule has 4 aromatic rings. The van der Waals surface area contributed by atoms with E-state index in [1.807, 2.05) is 18.2 Å². The van der Waals surface area contributed by atoms with Gasteiger partial charge in [-0.15, -0.1) is 11.3 Å². The Morgan fingerprint density at radius 1 is 1.05 bits per heavy atom. The van der Waals surface area contributed by atoms with Crippen molar-refractivity contribution in [3.8, 4) is 17.2 Å². The number of anilines is 1. The lowest BCUT2D eigenvalue weighted by atomic mass is 9.90. The molecule has 0 atom stereocenters. The quantitative estimate of drug-likeness (QED) is 0.170. The third-order valence-corrected chi connectivity index (χ3v) is 11.0. The number of halogens is 2. The van der Waals surface area contributed by atoms with Crippen LogP contribution in [0.3, 0.4) is 0 Å². The number of nitrogens with zero attached hydrogens (tertiary/aromatic N) is 3. The normalized spacial score (nSPS) is 14.8. The third-order valence-electron chi connectivity index (χ3n) is 8.00. The molecule has 0 radical (unpaired) electrons. The Balaban J connectivity index is 1.35. The molecule has 0 unspecified atom stereocenters. The summed E-state index contributed by atoms with van der Waals surface area (Å²) in [5, 5.41) is 1.83. The molecule has 12 heteroatoms. The van der Waals surface area contributed by atoms with Crippen molar-refractivity contribution in [1.29, 1.82) is 0 Å². The average molecular weight is 660 g/mol. The van der Waals surface area contributed by atoms with Crippen LogP contribution < -0.4 is 18.5 Å². The molecule has 44 heavy (non-hydrogen) atoms. The Morgan fingerprint density at radius 3 is 2.41 bits per heavy atom. The van der Waals surface area contributed by atoms with E-state index in [-0.39, 0.29) is 34.1 Å². The number of ether oxygens (including phenoxy) is 3. The topological polar surface area (TPSA) is 81.2 Å². The van der Waals surface area contributed by atoms with Gasteiger partial charge in [0.05, 0.1) is 25.8 Å². The van der Waals surface area contributed by atoms with E-state index in [2.05, 4.69) is 35.9 Å². The molecule has 3 aromatic carbocycles. The number of thiazole rings is 1. The molecular formula is C32H35ClFN3O5S2. The van der Waals surface area contributed by atoms with Crippen LogP contribution >= 0.6 is 22.9 Å². The van der Waals surface area contributed by atoms with Crippen LogP contribution in [-0.4, -0.2) is 51.7 Å². The van der Waals surface area contributed by atoms with Gasteiger partial charge in [-0.25, -0.2) is 22.1 Å². The molecule has 5 rings (SSSR count). The number of sulfonamides is 1. The second kappa shape index (κ2) is 13.3. The van der Waals surface area contributed by atoms with E-state index in [1.54, 1.807) is 23.6 Å². The van der Waals surface area contributed by atoms with Crippen molar-refractivity contribution < 1.29 is 27.0 Å². The second-order valence-electron chi connectivity index (χ2n) is 10.9. The molecule has 0 bridgehead atoms. The van der Waals surface area contributed by atoms with Gasteiger partial charge in [0, 0.05) is 47.9 Å². The van der Waals surface area contributed by atoms with E-state index in [0.29, 0.717) is 17.1 Å². The first-order valence-corrected chi connectivity index (χ1v) is 16.8. The minimum absolute atomic E-state index is 0.0122. The fourth-order valence-electron chi connectivity index (χ4n) is 5.39. The van der Waals surface area contributed by atoms with Gasteiger partial charge in [0.1, 0.15) is 34.1 Å². The zero-order valence-electron chi connectivity index (χ0n) is 25.0. The van der Waals surface area contributed by atoms with Crippen LogP contribution in [0.25, 0.3) is 0 Å². The Hall–Kier alpha value is -3.38. The van der Waals surface area contributed by atoms with E-state index in [0.717, 1.165) is 53.7 Å². The SMILES string of the molecule is COc1ccc(CN(c2nccs2)S(=O)(=O)c2cc(Cl)c(OC3CCN(C(C)(C)c4ccccc4)CC3)cc2F)c(OC)c1. The van der Waals surface area contributed by atoms with Crippen molar-refractivity contribution >= 4 is 38.1 Å². The Morgan fingerprint density at radius 2 is 1.77 bits per heavy atom.